The molecule has 2 unspecified atom stereocenters. The molecular formula is C86H173NO8P+. The van der Waals surface area contributed by atoms with Crippen LogP contribution in [0.3, 0.4) is 0 Å². The molecule has 2 atom stereocenters. The van der Waals surface area contributed by atoms with E-state index in [1.165, 1.54) is 424 Å². The first kappa shape index (κ1) is 95.0. The van der Waals surface area contributed by atoms with E-state index >= 15 is 0 Å². The number of ether oxygens (including phenoxy) is 2. The summed E-state index contributed by atoms with van der Waals surface area (Å²) in [6.07, 6.45) is 98.8. The van der Waals surface area contributed by atoms with Gasteiger partial charge in [-0.25, -0.2) is 4.57 Å². The number of quaternary nitrogens is 1. The molecule has 0 rings (SSSR count). The third-order valence-electron chi connectivity index (χ3n) is 20.6. The van der Waals surface area contributed by atoms with Gasteiger partial charge in [-0.2, -0.15) is 0 Å². The molecule has 0 fully saturated rings. The molecule has 1 N–H and O–H groups in total. The van der Waals surface area contributed by atoms with Crippen LogP contribution >= 0.6 is 7.82 Å². The van der Waals surface area contributed by atoms with Crippen LogP contribution in [0.1, 0.15) is 489 Å². The van der Waals surface area contributed by atoms with Crippen LogP contribution in [-0.2, 0) is 32.7 Å². The van der Waals surface area contributed by atoms with Gasteiger partial charge >= 0.3 is 19.8 Å². The predicted molar refractivity (Wildman–Crippen MR) is 418 cm³/mol. The quantitative estimate of drug-likeness (QED) is 0.0278. The van der Waals surface area contributed by atoms with E-state index in [1.54, 1.807) is 0 Å². The van der Waals surface area contributed by atoms with E-state index in [4.69, 9.17) is 18.5 Å². The average Bonchev–Trinajstić information content (AvgIpc) is 2.54. The maximum atomic E-state index is 12.9. The maximum Gasteiger partial charge on any atom is 0.472 e. The van der Waals surface area contributed by atoms with Gasteiger partial charge in [0.1, 0.15) is 19.8 Å². The molecule has 0 aliphatic rings. The third kappa shape index (κ3) is 82.0. The standard InChI is InChI=1S/C86H172NO8P/c1-6-8-10-12-14-16-18-20-22-24-26-28-30-32-34-36-38-39-40-41-42-43-44-45-46-47-49-51-53-55-57-59-61-63-65-67-69-71-73-75-77-79-86(89)95-84(83-94-96(90,91)93-81-80-87(3,4)5)82-92-85(88)78-76-74-72-70-68-66-64-62-60-58-56-54-52-50-48-37-35-33-31-29-27-25-23-21-19-17-15-13-11-9-7-2/h84H,6-83H2,1-5H3/p+1. The van der Waals surface area contributed by atoms with Crippen molar-refractivity contribution in [3.8, 4) is 0 Å². The van der Waals surface area contributed by atoms with Crippen LogP contribution < -0.4 is 0 Å². The minimum absolute atomic E-state index is 0.0379. The number of nitrogens with zero attached hydrogens (tertiary/aromatic N) is 1. The molecule has 96 heavy (non-hydrogen) atoms. The van der Waals surface area contributed by atoms with Crippen LogP contribution in [0.2, 0.25) is 0 Å². The highest BCUT2D eigenvalue weighted by Crippen LogP contribution is 2.43. The minimum atomic E-state index is -4.39. The van der Waals surface area contributed by atoms with E-state index in [1.807, 2.05) is 21.1 Å². The number of phosphoric ester groups is 1. The molecular weight excluding hydrogens is 1210 g/mol. The smallest absolute Gasteiger partial charge is 0.462 e. The predicted octanol–water partition coefficient (Wildman–Crippen LogP) is 29.2. The van der Waals surface area contributed by atoms with Crippen molar-refractivity contribution in [2.75, 3.05) is 47.5 Å². The lowest BCUT2D eigenvalue weighted by molar-refractivity contribution is -0.870. The van der Waals surface area contributed by atoms with Crippen LogP contribution in [0.4, 0.5) is 0 Å². The molecule has 0 saturated heterocycles. The first-order chi connectivity index (χ1) is 47.0. The SMILES string of the molecule is CCCCCCCCCCCCCCCCCCCCCCCCCCCCCCCCCCCCCCCCCCCC(=O)OC(COC(=O)CCCCCCCCCCCCCCCCCCCCCCCCCCCCCCCCC)COP(=O)(O)OCC[N+](C)(C)C. The van der Waals surface area contributed by atoms with Crippen molar-refractivity contribution >= 4 is 19.8 Å². The van der Waals surface area contributed by atoms with Crippen LogP contribution in [0.15, 0.2) is 0 Å². The van der Waals surface area contributed by atoms with Gasteiger partial charge in [-0.3, -0.25) is 18.6 Å². The van der Waals surface area contributed by atoms with Gasteiger partial charge < -0.3 is 18.9 Å². The Morgan fingerprint density at radius 1 is 0.281 bits per heavy atom. The van der Waals surface area contributed by atoms with Crippen molar-refractivity contribution in [3.05, 3.63) is 0 Å². The van der Waals surface area contributed by atoms with E-state index in [0.717, 1.165) is 38.5 Å². The first-order valence-electron chi connectivity index (χ1n) is 43.8. The number of phosphoric acid groups is 1. The average molecular weight is 1380 g/mol. The topological polar surface area (TPSA) is 108 Å². The Kier molecular flexibility index (Phi) is 77.3. The zero-order valence-corrected chi connectivity index (χ0v) is 66.8. The van der Waals surface area contributed by atoms with Crippen molar-refractivity contribution in [1.29, 1.82) is 0 Å². The van der Waals surface area contributed by atoms with Crippen molar-refractivity contribution in [2.24, 2.45) is 0 Å². The second kappa shape index (κ2) is 78.2. The molecule has 0 heterocycles. The highest BCUT2D eigenvalue weighted by atomic mass is 31.2. The highest BCUT2D eigenvalue weighted by molar-refractivity contribution is 7.47. The molecule has 0 radical (unpaired) electrons. The normalized spacial score (nSPS) is 12.9. The Labute approximate surface area is 601 Å². The summed E-state index contributed by atoms with van der Waals surface area (Å²) in [6.45, 7) is 4.55. The number of unbranched alkanes of at least 4 members (excludes halogenated alkanes) is 70. The van der Waals surface area contributed by atoms with Gasteiger partial charge in [0.05, 0.1) is 27.7 Å². The third-order valence-corrected chi connectivity index (χ3v) is 21.6. The molecule has 0 spiro atoms. The van der Waals surface area contributed by atoms with Gasteiger partial charge in [-0.1, -0.05) is 463 Å². The Morgan fingerprint density at radius 2 is 0.469 bits per heavy atom. The van der Waals surface area contributed by atoms with Gasteiger partial charge in [-0.05, 0) is 12.8 Å². The van der Waals surface area contributed by atoms with E-state index < -0.39 is 26.5 Å². The molecule has 9 nitrogen and oxygen atoms in total. The monoisotopic (exact) mass is 1380 g/mol. The molecule has 0 aliphatic heterocycles. The summed E-state index contributed by atoms with van der Waals surface area (Å²) in [4.78, 5) is 36.0. The zero-order chi connectivity index (χ0) is 69.7. The Balaban J connectivity index is 3.82. The van der Waals surface area contributed by atoms with E-state index in [-0.39, 0.29) is 25.6 Å². The number of carbonyl (C=O) groups is 2. The Bertz CT molecular complexity index is 1570. The molecule has 0 aromatic carbocycles. The Morgan fingerprint density at radius 3 is 0.667 bits per heavy atom. The van der Waals surface area contributed by atoms with Crippen molar-refractivity contribution < 1.29 is 42.1 Å². The maximum absolute atomic E-state index is 12.9. The number of hydrogen-bond donors (Lipinski definition) is 1. The number of esters is 2. The van der Waals surface area contributed by atoms with Crippen molar-refractivity contribution in [1.82, 2.24) is 0 Å². The summed E-state index contributed by atoms with van der Waals surface area (Å²) in [5.41, 5.74) is 0. The van der Waals surface area contributed by atoms with Crippen LogP contribution in [-0.4, -0.2) is 74.9 Å². The summed E-state index contributed by atoms with van der Waals surface area (Å²) in [7, 11) is 1.51. The number of rotatable bonds is 84. The molecule has 0 aliphatic carbocycles. The first-order valence-corrected chi connectivity index (χ1v) is 45.3. The van der Waals surface area contributed by atoms with Gasteiger partial charge in [0.15, 0.2) is 6.10 Å². The fourth-order valence-electron chi connectivity index (χ4n) is 14.0. The summed E-state index contributed by atoms with van der Waals surface area (Å²) in [5, 5.41) is 0. The molecule has 0 bridgehead atoms. The van der Waals surface area contributed by atoms with E-state index in [2.05, 4.69) is 13.8 Å². The fraction of sp³-hybridized carbons (Fsp3) is 0.977. The van der Waals surface area contributed by atoms with Gasteiger partial charge in [-0.15, -0.1) is 0 Å². The van der Waals surface area contributed by atoms with Gasteiger partial charge in [0, 0.05) is 12.8 Å². The minimum Gasteiger partial charge on any atom is -0.462 e. The molecule has 0 aromatic rings. The number of carbonyl (C=O) groups excluding carboxylic acids is 2. The van der Waals surface area contributed by atoms with Gasteiger partial charge in [0.2, 0.25) is 0 Å². The lowest BCUT2D eigenvalue weighted by Crippen LogP contribution is -2.37. The number of likely N-dealkylation sites (N-methyl/N-ethyl adjacent to an activating group) is 1. The Hall–Kier alpha value is -0.990. The second-order valence-corrected chi connectivity index (χ2v) is 33.1. The van der Waals surface area contributed by atoms with Crippen molar-refractivity contribution in [3.63, 3.8) is 0 Å². The fourth-order valence-corrected chi connectivity index (χ4v) is 14.7. The van der Waals surface area contributed by atoms with Crippen LogP contribution in [0.5, 0.6) is 0 Å². The lowest BCUT2D eigenvalue weighted by Gasteiger charge is -2.24. The summed E-state index contributed by atoms with van der Waals surface area (Å²) in [6, 6.07) is 0. The highest BCUT2D eigenvalue weighted by Gasteiger charge is 2.27. The van der Waals surface area contributed by atoms with Crippen LogP contribution in [0, 0.1) is 0 Å². The molecule has 0 amide bonds. The molecule has 574 valence electrons. The molecule has 10 heteroatoms. The van der Waals surface area contributed by atoms with Gasteiger partial charge in [0.25, 0.3) is 0 Å². The summed E-state index contributed by atoms with van der Waals surface area (Å²) >= 11 is 0. The van der Waals surface area contributed by atoms with Crippen LogP contribution in [0.25, 0.3) is 0 Å². The lowest BCUT2D eigenvalue weighted by atomic mass is 10.0. The molecule has 0 saturated carbocycles. The van der Waals surface area contributed by atoms with E-state index in [9.17, 15) is 19.0 Å². The van der Waals surface area contributed by atoms with E-state index in [0.29, 0.717) is 17.4 Å². The zero-order valence-electron chi connectivity index (χ0n) is 65.9. The molecule has 0 aromatic heterocycles. The number of hydrogen-bond acceptors (Lipinski definition) is 7. The van der Waals surface area contributed by atoms with Crippen molar-refractivity contribution in [2.45, 2.75) is 495 Å². The summed E-state index contributed by atoms with van der Waals surface area (Å²) in [5.74, 6) is -0.763. The summed E-state index contributed by atoms with van der Waals surface area (Å²) < 4.78 is 34.9. The largest absolute Gasteiger partial charge is 0.472 e. The second-order valence-electron chi connectivity index (χ2n) is 31.7.